The largest absolute Gasteiger partial charge is 0.436 e. The van der Waals surface area contributed by atoms with Gasteiger partial charge in [-0.15, -0.1) is 0 Å². The number of rotatable bonds is 4. The third-order valence-corrected chi connectivity index (χ3v) is 4.95. The number of fused-ring (bicyclic) bond motifs is 1. The summed E-state index contributed by atoms with van der Waals surface area (Å²) in [6.07, 6.45) is 4.22. The highest BCUT2D eigenvalue weighted by atomic mass is 16.3. The van der Waals surface area contributed by atoms with Crippen LogP contribution in [0.2, 0.25) is 0 Å². The molecule has 0 N–H and O–H groups in total. The molecule has 1 heterocycles. The van der Waals surface area contributed by atoms with Crippen molar-refractivity contribution in [1.29, 1.82) is 0 Å². The van der Waals surface area contributed by atoms with Gasteiger partial charge >= 0.3 is 0 Å². The molecule has 0 saturated heterocycles. The van der Waals surface area contributed by atoms with Gasteiger partial charge in [-0.1, -0.05) is 103 Å². The molecule has 2 nitrogen and oxygen atoms in total. The van der Waals surface area contributed by atoms with Crippen LogP contribution < -0.4 is 0 Å². The Hall–Kier alpha value is -3.91. The maximum Gasteiger partial charge on any atom is 0.227 e. The van der Waals surface area contributed by atoms with Crippen LogP contribution in [0.3, 0.4) is 0 Å². The van der Waals surface area contributed by atoms with Gasteiger partial charge in [-0.05, 0) is 28.8 Å². The van der Waals surface area contributed by atoms with Crippen molar-refractivity contribution >= 4 is 23.3 Å². The van der Waals surface area contributed by atoms with Crippen LogP contribution in [0.4, 0.5) is 0 Å². The fraction of sp³-hybridized carbons (Fsp3) is 0. The van der Waals surface area contributed by atoms with Crippen molar-refractivity contribution in [2.24, 2.45) is 0 Å². The van der Waals surface area contributed by atoms with Crippen LogP contribution in [0.15, 0.2) is 108 Å². The van der Waals surface area contributed by atoms with Crippen LogP contribution >= 0.6 is 0 Å². The minimum atomic E-state index is 0.636. The third-order valence-electron chi connectivity index (χ3n) is 4.95. The van der Waals surface area contributed by atoms with Gasteiger partial charge in [-0.3, -0.25) is 0 Å². The predicted octanol–water partition coefficient (Wildman–Crippen LogP) is 7.33. The zero-order valence-electron chi connectivity index (χ0n) is 15.8. The lowest BCUT2D eigenvalue weighted by Gasteiger charge is -2.02. The van der Waals surface area contributed by atoms with Crippen molar-refractivity contribution in [3.63, 3.8) is 0 Å². The Morgan fingerprint density at radius 2 is 1.28 bits per heavy atom. The van der Waals surface area contributed by atoms with E-state index in [1.165, 1.54) is 0 Å². The number of hydrogen-bond acceptors (Lipinski definition) is 2. The van der Waals surface area contributed by atoms with Crippen molar-refractivity contribution in [2.45, 2.75) is 0 Å². The number of oxazole rings is 1. The molecule has 0 bridgehead atoms. The van der Waals surface area contributed by atoms with E-state index in [0.717, 1.165) is 38.9 Å². The highest BCUT2D eigenvalue weighted by Crippen LogP contribution is 2.33. The van der Waals surface area contributed by atoms with E-state index in [9.17, 15) is 0 Å². The molecule has 2 heteroatoms. The summed E-state index contributed by atoms with van der Waals surface area (Å²) in [6, 6.07) is 34.8. The average molecular weight is 373 g/mol. The minimum Gasteiger partial charge on any atom is -0.436 e. The Morgan fingerprint density at radius 1 is 0.586 bits per heavy atom. The lowest BCUT2D eigenvalue weighted by molar-refractivity contribution is 0.619. The molecule has 29 heavy (non-hydrogen) atoms. The van der Waals surface area contributed by atoms with Crippen LogP contribution in [0.25, 0.3) is 45.8 Å². The molecule has 0 saturated carbocycles. The molecule has 5 aromatic rings. The highest BCUT2D eigenvalue weighted by molar-refractivity contribution is 5.92. The lowest BCUT2D eigenvalue weighted by atomic mass is 10.0. The van der Waals surface area contributed by atoms with Gasteiger partial charge in [0, 0.05) is 11.1 Å². The van der Waals surface area contributed by atoms with E-state index >= 15 is 0 Å². The molecule has 5 rings (SSSR count). The van der Waals surface area contributed by atoms with Gasteiger partial charge < -0.3 is 4.42 Å². The van der Waals surface area contributed by atoms with Gasteiger partial charge in [-0.25, -0.2) is 4.98 Å². The smallest absolute Gasteiger partial charge is 0.227 e. The molecule has 0 atom stereocenters. The Kier molecular flexibility index (Phi) is 4.51. The first-order valence-corrected chi connectivity index (χ1v) is 9.66. The molecule has 0 fully saturated rings. The number of benzene rings is 4. The molecule has 0 spiro atoms. The molecule has 0 aliphatic carbocycles. The van der Waals surface area contributed by atoms with Crippen molar-refractivity contribution in [1.82, 2.24) is 4.98 Å². The highest BCUT2D eigenvalue weighted by Gasteiger charge is 2.14. The summed E-state index contributed by atoms with van der Waals surface area (Å²) < 4.78 is 6.16. The summed E-state index contributed by atoms with van der Waals surface area (Å²) in [4.78, 5) is 4.87. The molecule has 138 valence electrons. The molecule has 0 amide bonds. The van der Waals surface area contributed by atoms with Crippen molar-refractivity contribution < 1.29 is 4.42 Å². The Morgan fingerprint density at radius 3 is 2.10 bits per heavy atom. The van der Waals surface area contributed by atoms with E-state index in [1.807, 2.05) is 60.7 Å². The van der Waals surface area contributed by atoms with E-state index in [0.29, 0.717) is 5.89 Å². The first kappa shape index (κ1) is 17.2. The van der Waals surface area contributed by atoms with Crippen molar-refractivity contribution in [2.75, 3.05) is 0 Å². The second-order valence-electron chi connectivity index (χ2n) is 6.87. The van der Waals surface area contributed by atoms with Crippen molar-refractivity contribution in [3.8, 4) is 22.6 Å². The summed E-state index contributed by atoms with van der Waals surface area (Å²) >= 11 is 0. The fourth-order valence-electron chi connectivity index (χ4n) is 3.50. The number of hydrogen-bond donors (Lipinski definition) is 0. The summed E-state index contributed by atoms with van der Waals surface area (Å²) in [5.74, 6) is 0.636. The number of aromatic nitrogens is 1. The monoisotopic (exact) mass is 373 g/mol. The zero-order chi connectivity index (χ0) is 19.5. The molecule has 0 aliphatic rings. The maximum absolute atomic E-state index is 6.16. The predicted molar refractivity (Wildman–Crippen MR) is 120 cm³/mol. The van der Waals surface area contributed by atoms with E-state index < -0.39 is 0 Å². The van der Waals surface area contributed by atoms with Crippen LogP contribution in [0.1, 0.15) is 11.1 Å². The normalized spacial score (nSPS) is 11.3. The minimum absolute atomic E-state index is 0.636. The first-order valence-electron chi connectivity index (χ1n) is 9.66. The quantitative estimate of drug-likeness (QED) is 0.308. The second kappa shape index (κ2) is 7.61. The van der Waals surface area contributed by atoms with Gasteiger partial charge in [0.15, 0.2) is 5.58 Å². The van der Waals surface area contributed by atoms with Gasteiger partial charge in [0.2, 0.25) is 5.89 Å². The summed E-state index contributed by atoms with van der Waals surface area (Å²) in [5.41, 5.74) is 7.11. The Bertz CT molecular complexity index is 1280. The van der Waals surface area contributed by atoms with E-state index in [4.69, 9.17) is 9.40 Å². The van der Waals surface area contributed by atoms with E-state index in [-0.39, 0.29) is 0 Å². The van der Waals surface area contributed by atoms with Crippen LogP contribution in [-0.4, -0.2) is 4.98 Å². The molecule has 1 aromatic heterocycles. The number of nitrogens with zero attached hydrogens (tertiary/aromatic N) is 1. The Balaban J connectivity index is 1.60. The lowest BCUT2D eigenvalue weighted by Crippen LogP contribution is -1.83. The molecular formula is C27H19NO. The first-order chi connectivity index (χ1) is 14.4. The molecule has 4 aromatic carbocycles. The molecule has 0 unspecified atom stereocenters. The molecule has 0 aliphatic heterocycles. The van der Waals surface area contributed by atoms with Gasteiger partial charge in [0.05, 0.1) is 0 Å². The van der Waals surface area contributed by atoms with E-state index in [1.54, 1.807) is 0 Å². The topological polar surface area (TPSA) is 26.0 Å². The standard InChI is InChI=1S/C27H19NO/c1-3-10-20(11-4-1)18-19-22-14-7-8-15-24(22)27-28-26-23(16-9-17-25(26)29-27)21-12-5-2-6-13-21/h1-19H. The second-order valence-corrected chi connectivity index (χ2v) is 6.87. The maximum atomic E-state index is 6.16. The summed E-state index contributed by atoms with van der Waals surface area (Å²) in [7, 11) is 0. The van der Waals surface area contributed by atoms with Gasteiger partial charge in [0.1, 0.15) is 5.52 Å². The van der Waals surface area contributed by atoms with Crippen LogP contribution in [0, 0.1) is 0 Å². The number of para-hydroxylation sites is 1. The molecular weight excluding hydrogens is 354 g/mol. The van der Waals surface area contributed by atoms with Crippen LogP contribution in [0.5, 0.6) is 0 Å². The Labute approximate surface area is 169 Å². The van der Waals surface area contributed by atoms with E-state index in [2.05, 4.69) is 54.6 Å². The third kappa shape index (κ3) is 3.48. The zero-order valence-corrected chi connectivity index (χ0v) is 15.8. The average Bonchev–Trinajstić information content (AvgIpc) is 3.23. The summed E-state index contributed by atoms with van der Waals surface area (Å²) in [6.45, 7) is 0. The van der Waals surface area contributed by atoms with Crippen LogP contribution in [-0.2, 0) is 0 Å². The van der Waals surface area contributed by atoms with Crippen molar-refractivity contribution in [3.05, 3.63) is 114 Å². The van der Waals surface area contributed by atoms with Gasteiger partial charge in [-0.2, -0.15) is 0 Å². The van der Waals surface area contributed by atoms with Gasteiger partial charge in [0.25, 0.3) is 0 Å². The summed E-state index contributed by atoms with van der Waals surface area (Å²) in [5, 5.41) is 0. The SMILES string of the molecule is C(=Cc1ccccc1-c1nc2c(-c3ccccc3)cccc2o1)c1ccccc1. The molecule has 0 radical (unpaired) electrons. The fourth-order valence-corrected chi connectivity index (χ4v) is 3.50.